The zero-order valence-electron chi connectivity index (χ0n) is 21.6. The van der Waals surface area contributed by atoms with Crippen LogP contribution in [-0.4, -0.2) is 33.5 Å². The lowest BCUT2D eigenvalue weighted by Gasteiger charge is -2.16. The number of aromatic nitrogens is 3. The van der Waals surface area contributed by atoms with Crippen molar-refractivity contribution in [3.63, 3.8) is 0 Å². The quantitative estimate of drug-likeness (QED) is 0.218. The van der Waals surface area contributed by atoms with Crippen molar-refractivity contribution >= 4 is 39.8 Å². The number of para-hydroxylation sites is 3. The molecule has 0 aliphatic carbocycles. The molecular formula is C30H29N5O2S. The van der Waals surface area contributed by atoms with Gasteiger partial charge in [0.2, 0.25) is 5.91 Å². The van der Waals surface area contributed by atoms with Crippen molar-refractivity contribution in [2.75, 3.05) is 23.5 Å². The minimum absolute atomic E-state index is 0.115. The number of benzene rings is 4. The van der Waals surface area contributed by atoms with Gasteiger partial charge in [-0.15, -0.1) is 10.2 Å². The molecule has 5 aromatic rings. The van der Waals surface area contributed by atoms with Gasteiger partial charge in [0, 0.05) is 16.8 Å². The van der Waals surface area contributed by atoms with Gasteiger partial charge in [-0.05, 0) is 48.6 Å². The Hall–Kier alpha value is -4.30. The Kier molecular flexibility index (Phi) is 7.60. The molecule has 5 rings (SSSR count). The van der Waals surface area contributed by atoms with E-state index >= 15 is 0 Å². The summed E-state index contributed by atoms with van der Waals surface area (Å²) in [7, 11) is 1.64. The number of aryl methyl sites for hydroxylation is 2. The van der Waals surface area contributed by atoms with Gasteiger partial charge >= 0.3 is 0 Å². The normalized spacial score (nSPS) is 10.9. The van der Waals surface area contributed by atoms with E-state index in [1.54, 1.807) is 7.11 Å². The summed E-state index contributed by atoms with van der Waals surface area (Å²) in [6.45, 7) is 4.62. The third-order valence-electron chi connectivity index (χ3n) is 6.33. The Labute approximate surface area is 226 Å². The van der Waals surface area contributed by atoms with Gasteiger partial charge in [-0.1, -0.05) is 78.5 Å². The zero-order chi connectivity index (χ0) is 26.5. The van der Waals surface area contributed by atoms with E-state index < -0.39 is 0 Å². The zero-order valence-corrected chi connectivity index (χ0v) is 22.4. The lowest BCUT2D eigenvalue weighted by atomic mass is 10.1. The largest absolute Gasteiger partial charge is 0.495 e. The lowest BCUT2D eigenvalue weighted by molar-refractivity contribution is -0.113. The molecule has 192 valence electrons. The average molecular weight is 524 g/mol. The number of amides is 1. The predicted octanol–water partition coefficient (Wildman–Crippen LogP) is 6.39. The number of hydrogen-bond acceptors (Lipinski definition) is 6. The number of anilines is 2. The van der Waals surface area contributed by atoms with Crippen molar-refractivity contribution in [2.45, 2.75) is 25.5 Å². The standard InChI is InChI=1S/C30H29N5O2S/c1-20-10-8-11-21(2)29(20)31-18-27-33-34-30(35(27)25-16-6-7-17-26(25)37-3)38-19-28(36)32-24-15-9-13-22-12-4-5-14-23(22)24/h4-17,31H,18-19H2,1-3H3,(H,32,36). The van der Waals surface area contributed by atoms with Gasteiger partial charge in [0.15, 0.2) is 11.0 Å². The fourth-order valence-electron chi connectivity index (χ4n) is 4.48. The van der Waals surface area contributed by atoms with Crippen molar-refractivity contribution in [2.24, 2.45) is 0 Å². The maximum absolute atomic E-state index is 13.0. The molecule has 0 atom stereocenters. The summed E-state index contributed by atoms with van der Waals surface area (Å²) in [4.78, 5) is 13.0. The molecule has 2 N–H and O–H groups in total. The SMILES string of the molecule is COc1ccccc1-n1c(CNc2c(C)cccc2C)nnc1SCC(=O)Nc1cccc2ccccc12. The fraction of sp³-hybridized carbons (Fsp3) is 0.167. The Bertz CT molecular complexity index is 1570. The third-order valence-corrected chi connectivity index (χ3v) is 7.26. The van der Waals surface area contributed by atoms with Crippen molar-refractivity contribution in [3.8, 4) is 11.4 Å². The maximum Gasteiger partial charge on any atom is 0.234 e. The Morgan fingerprint density at radius 3 is 2.42 bits per heavy atom. The highest BCUT2D eigenvalue weighted by molar-refractivity contribution is 7.99. The second-order valence-electron chi connectivity index (χ2n) is 8.89. The first-order valence-corrected chi connectivity index (χ1v) is 13.3. The molecule has 38 heavy (non-hydrogen) atoms. The number of nitrogens with zero attached hydrogens (tertiary/aromatic N) is 3. The number of thioether (sulfide) groups is 1. The number of carbonyl (C=O) groups is 1. The van der Waals surface area contributed by atoms with Crippen LogP contribution in [0.25, 0.3) is 16.5 Å². The third kappa shape index (κ3) is 5.35. The number of ether oxygens (including phenoxy) is 1. The van der Waals surface area contributed by atoms with Gasteiger partial charge in [0.1, 0.15) is 5.75 Å². The summed E-state index contributed by atoms with van der Waals surface area (Å²) >= 11 is 1.34. The molecule has 7 nitrogen and oxygen atoms in total. The van der Waals surface area contributed by atoms with Gasteiger partial charge in [-0.3, -0.25) is 9.36 Å². The van der Waals surface area contributed by atoms with E-state index in [0.29, 0.717) is 23.3 Å². The van der Waals surface area contributed by atoms with Crippen LogP contribution < -0.4 is 15.4 Å². The predicted molar refractivity (Wildman–Crippen MR) is 154 cm³/mol. The van der Waals surface area contributed by atoms with Crippen molar-refractivity contribution in [1.29, 1.82) is 0 Å². The number of carbonyl (C=O) groups excluding carboxylic acids is 1. The van der Waals surface area contributed by atoms with Gasteiger partial charge in [-0.2, -0.15) is 0 Å². The number of hydrogen-bond donors (Lipinski definition) is 2. The van der Waals surface area contributed by atoms with E-state index in [4.69, 9.17) is 4.74 Å². The Morgan fingerprint density at radius 1 is 0.895 bits per heavy atom. The number of fused-ring (bicyclic) bond motifs is 1. The van der Waals surface area contributed by atoms with Crippen LogP contribution in [0.3, 0.4) is 0 Å². The summed E-state index contributed by atoms with van der Waals surface area (Å²) < 4.78 is 7.59. The molecule has 0 aliphatic heterocycles. The van der Waals surface area contributed by atoms with Crippen LogP contribution in [0, 0.1) is 13.8 Å². The minimum Gasteiger partial charge on any atom is -0.495 e. The van der Waals surface area contributed by atoms with Crippen molar-refractivity contribution in [3.05, 3.63) is 102 Å². The van der Waals surface area contributed by atoms with Crippen LogP contribution in [0.5, 0.6) is 5.75 Å². The molecule has 8 heteroatoms. The van der Waals surface area contributed by atoms with Crippen LogP contribution >= 0.6 is 11.8 Å². The van der Waals surface area contributed by atoms with E-state index in [1.165, 1.54) is 11.8 Å². The summed E-state index contributed by atoms with van der Waals surface area (Å²) in [5.41, 5.74) is 5.00. The maximum atomic E-state index is 13.0. The molecule has 0 spiro atoms. The first-order valence-electron chi connectivity index (χ1n) is 12.3. The average Bonchev–Trinajstić information content (AvgIpc) is 3.34. The summed E-state index contributed by atoms with van der Waals surface area (Å²) in [5.74, 6) is 1.48. The van der Waals surface area contributed by atoms with Crippen molar-refractivity contribution in [1.82, 2.24) is 14.8 Å². The molecule has 1 amide bonds. The highest BCUT2D eigenvalue weighted by atomic mass is 32.2. The van der Waals surface area contributed by atoms with Gasteiger partial charge in [0.05, 0.1) is 25.1 Å². The molecule has 0 aliphatic rings. The Morgan fingerprint density at radius 2 is 1.61 bits per heavy atom. The van der Waals surface area contributed by atoms with Crippen LogP contribution in [-0.2, 0) is 11.3 Å². The van der Waals surface area contributed by atoms with E-state index in [1.807, 2.05) is 77.4 Å². The van der Waals surface area contributed by atoms with E-state index in [0.717, 1.165) is 39.0 Å². The van der Waals surface area contributed by atoms with Crippen LogP contribution in [0.1, 0.15) is 17.0 Å². The molecule has 4 aromatic carbocycles. The topological polar surface area (TPSA) is 81.1 Å². The Balaban J connectivity index is 1.39. The summed E-state index contributed by atoms with van der Waals surface area (Å²) in [5, 5.41) is 18.2. The van der Waals surface area contributed by atoms with Crippen LogP contribution in [0.15, 0.2) is 90.1 Å². The number of nitrogens with one attached hydrogen (secondary N) is 2. The molecule has 1 heterocycles. The van der Waals surface area contributed by atoms with Crippen molar-refractivity contribution < 1.29 is 9.53 Å². The molecule has 0 saturated carbocycles. The van der Waals surface area contributed by atoms with Crippen LogP contribution in [0.2, 0.25) is 0 Å². The van der Waals surface area contributed by atoms with Crippen LogP contribution in [0.4, 0.5) is 11.4 Å². The molecule has 0 unspecified atom stereocenters. The second kappa shape index (κ2) is 11.4. The molecule has 0 fully saturated rings. The second-order valence-corrected chi connectivity index (χ2v) is 9.83. The molecule has 0 saturated heterocycles. The first-order chi connectivity index (χ1) is 18.5. The number of methoxy groups -OCH3 is 1. The molecule has 0 radical (unpaired) electrons. The van der Waals surface area contributed by atoms with Gasteiger partial charge in [-0.25, -0.2) is 0 Å². The highest BCUT2D eigenvalue weighted by Crippen LogP contribution is 2.30. The summed E-state index contributed by atoms with van der Waals surface area (Å²) in [6.07, 6.45) is 0. The molecule has 0 bridgehead atoms. The minimum atomic E-state index is -0.115. The summed E-state index contributed by atoms with van der Waals surface area (Å²) in [6, 6.07) is 27.8. The monoisotopic (exact) mass is 523 g/mol. The molecule has 1 aromatic heterocycles. The first kappa shape index (κ1) is 25.4. The highest BCUT2D eigenvalue weighted by Gasteiger charge is 2.19. The lowest BCUT2D eigenvalue weighted by Crippen LogP contribution is -2.15. The smallest absolute Gasteiger partial charge is 0.234 e. The van der Waals surface area contributed by atoms with E-state index in [-0.39, 0.29) is 11.7 Å². The van der Waals surface area contributed by atoms with E-state index in [9.17, 15) is 4.79 Å². The molecular weight excluding hydrogens is 494 g/mol. The van der Waals surface area contributed by atoms with E-state index in [2.05, 4.69) is 46.8 Å². The van der Waals surface area contributed by atoms with Gasteiger partial charge in [0.25, 0.3) is 0 Å². The van der Waals surface area contributed by atoms with Gasteiger partial charge < -0.3 is 15.4 Å². The number of rotatable bonds is 9. The fourth-order valence-corrected chi connectivity index (χ4v) is 5.24.